The maximum absolute atomic E-state index is 13.1. The van der Waals surface area contributed by atoms with E-state index < -0.39 is 0 Å². The maximum atomic E-state index is 13.1. The molecule has 2 atom stereocenters. The van der Waals surface area contributed by atoms with Crippen LogP contribution in [0.25, 0.3) is 5.65 Å². The van der Waals surface area contributed by atoms with Gasteiger partial charge in [0.25, 0.3) is 5.91 Å². The van der Waals surface area contributed by atoms with Crippen LogP contribution in [-0.2, 0) is 9.53 Å². The van der Waals surface area contributed by atoms with Crippen LogP contribution in [0, 0.1) is 0 Å². The third-order valence-corrected chi connectivity index (χ3v) is 4.74. The van der Waals surface area contributed by atoms with Crippen molar-refractivity contribution in [1.29, 1.82) is 0 Å². The normalized spacial score (nSPS) is 20.6. The standard InChI is InChI=1S/C17H23N5O3/c1-18-15(23)7-6-13-14(25-2)5-3-9-21(13)17(24)12-11-20-22-10-4-8-19-16(12)22/h4,8,10-11,13-14H,3,5-7,9H2,1-2H3,(H,18,23)/t13-,14-/m0/s1. The SMILES string of the molecule is CNC(=O)CC[C@H]1[C@@H](OC)CCCN1C(=O)c1cnn2cccnc12. The summed E-state index contributed by atoms with van der Waals surface area (Å²) in [7, 11) is 3.27. The maximum Gasteiger partial charge on any atom is 0.259 e. The summed E-state index contributed by atoms with van der Waals surface area (Å²) in [5.74, 6) is -0.150. The van der Waals surface area contributed by atoms with Gasteiger partial charge in [-0.05, 0) is 25.3 Å². The van der Waals surface area contributed by atoms with Gasteiger partial charge in [-0.3, -0.25) is 9.59 Å². The van der Waals surface area contributed by atoms with Crippen LogP contribution in [0.5, 0.6) is 0 Å². The highest BCUT2D eigenvalue weighted by Crippen LogP contribution is 2.26. The minimum absolute atomic E-state index is 0.0366. The third kappa shape index (κ3) is 3.48. The van der Waals surface area contributed by atoms with Crippen LogP contribution in [0.15, 0.2) is 24.7 Å². The molecule has 0 bridgehead atoms. The van der Waals surface area contributed by atoms with Crippen molar-refractivity contribution in [3.8, 4) is 0 Å². The van der Waals surface area contributed by atoms with Crippen LogP contribution in [-0.4, -0.2) is 64.2 Å². The Labute approximate surface area is 146 Å². The summed E-state index contributed by atoms with van der Waals surface area (Å²) in [6.07, 6.45) is 7.56. The highest BCUT2D eigenvalue weighted by molar-refractivity contribution is 5.99. The molecule has 134 valence electrons. The molecule has 1 aliphatic heterocycles. The highest BCUT2D eigenvalue weighted by atomic mass is 16.5. The number of ether oxygens (including phenoxy) is 1. The zero-order chi connectivity index (χ0) is 17.8. The predicted octanol–water partition coefficient (Wildman–Crippen LogP) is 0.875. The van der Waals surface area contributed by atoms with Crippen LogP contribution in [0.3, 0.4) is 0 Å². The van der Waals surface area contributed by atoms with E-state index >= 15 is 0 Å². The largest absolute Gasteiger partial charge is 0.379 e. The van der Waals surface area contributed by atoms with Crippen molar-refractivity contribution >= 4 is 17.5 Å². The Hall–Kier alpha value is -2.48. The van der Waals surface area contributed by atoms with Crippen molar-refractivity contribution in [3.63, 3.8) is 0 Å². The van der Waals surface area contributed by atoms with Crippen LogP contribution in [0.2, 0.25) is 0 Å². The van der Waals surface area contributed by atoms with Crippen LogP contribution < -0.4 is 5.32 Å². The number of rotatable bonds is 5. The van der Waals surface area contributed by atoms with Crippen molar-refractivity contribution in [2.45, 2.75) is 37.8 Å². The smallest absolute Gasteiger partial charge is 0.259 e. The van der Waals surface area contributed by atoms with Gasteiger partial charge in [0.1, 0.15) is 5.56 Å². The molecule has 0 aliphatic carbocycles. The topological polar surface area (TPSA) is 88.8 Å². The number of amides is 2. The van der Waals surface area contributed by atoms with E-state index in [1.807, 2.05) is 4.90 Å². The van der Waals surface area contributed by atoms with Gasteiger partial charge < -0.3 is 15.0 Å². The number of aromatic nitrogens is 3. The van der Waals surface area contributed by atoms with E-state index in [1.165, 1.54) is 0 Å². The summed E-state index contributed by atoms with van der Waals surface area (Å²) in [5.41, 5.74) is 1.01. The zero-order valence-corrected chi connectivity index (χ0v) is 14.5. The number of fused-ring (bicyclic) bond motifs is 1. The van der Waals surface area contributed by atoms with Gasteiger partial charge in [-0.25, -0.2) is 9.50 Å². The van der Waals surface area contributed by atoms with Crippen molar-refractivity contribution < 1.29 is 14.3 Å². The number of nitrogens with zero attached hydrogens (tertiary/aromatic N) is 4. The van der Waals surface area contributed by atoms with Crippen LogP contribution in [0.4, 0.5) is 0 Å². The second-order valence-corrected chi connectivity index (χ2v) is 6.14. The molecular weight excluding hydrogens is 322 g/mol. The van der Waals surface area contributed by atoms with Gasteiger partial charge >= 0.3 is 0 Å². The number of piperidine rings is 1. The van der Waals surface area contributed by atoms with Crippen molar-refractivity contribution in [2.24, 2.45) is 0 Å². The van der Waals surface area contributed by atoms with E-state index in [4.69, 9.17) is 4.74 Å². The number of nitrogens with one attached hydrogen (secondary N) is 1. The Balaban J connectivity index is 1.86. The Morgan fingerprint density at radius 1 is 1.44 bits per heavy atom. The molecule has 1 N–H and O–H groups in total. The molecule has 1 aliphatic rings. The van der Waals surface area contributed by atoms with Gasteiger partial charge in [0, 0.05) is 39.5 Å². The fraction of sp³-hybridized carbons (Fsp3) is 0.529. The zero-order valence-electron chi connectivity index (χ0n) is 14.5. The van der Waals surface area contributed by atoms with E-state index in [1.54, 1.807) is 43.3 Å². The lowest BCUT2D eigenvalue weighted by Crippen LogP contribution is -2.52. The van der Waals surface area contributed by atoms with Gasteiger partial charge in [-0.15, -0.1) is 0 Å². The highest BCUT2D eigenvalue weighted by Gasteiger charge is 2.36. The second kappa shape index (κ2) is 7.60. The fourth-order valence-electron chi connectivity index (χ4n) is 3.43. The quantitative estimate of drug-likeness (QED) is 0.869. The number of likely N-dealkylation sites (tertiary alicyclic amines) is 1. The average Bonchev–Trinajstić information content (AvgIpc) is 3.09. The summed E-state index contributed by atoms with van der Waals surface area (Å²) < 4.78 is 7.18. The number of hydrogen-bond acceptors (Lipinski definition) is 5. The van der Waals surface area contributed by atoms with E-state index in [0.29, 0.717) is 30.6 Å². The molecule has 2 aromatic heterocycles. The first kappa shape index (κ1) is 17.3. The molecule has 1 fully saturated rings. The summed E-state index contributed by atoms with van der Waals surface area (Å²) >= 11 is 0. The average molecular weight is 345 g/mol. The number of hydrogen-bond donors (Lipinski definition) is 1. The molecule has 1 saturated heterocycles. The molecule has 3 heterocycles. The molecular formula is C17H23N5O3. The van der Waals surface area contributed by atoms with Crippen LogP contribution in [0.1, 0.15) is 36.0 Å². The number of methoxy groups -OCH3 is 1. The molecule has 0 saturated carbocycles. The second-order valence-electron chi connectivity index (χ2n) is 6.14. The van der Waals surface area contributed by atoms with E-state index in [-0.39, 0.29) is 24.0 Å². The first-order valence-corrected chi connectivity index (χ1v) is 8.48. The lowest BCUT2D eigenvalue weighted by atomic mass is 9.94. The van der Waals surface area contributed by atoms with Gasteiger partial charge in [0.2, 0.25) is 5.91 Å². The Morgan fingerprint density at radius 3 is 3.04 bits per heavy atom. The third-order valence-electron chi connectivity index (χ3n) is 4.74. The monoisotopic (exact) mass is 345 g/mol. The Morgan fingerprint density at radius 2 is 2.28 bits per heavy atom. The molecule has 3 rings (SSSR count). The van der Waals surface area contributed by atoms with Gasteiger partial charge in [0.15, 0.2) is 5.65 Å². The first-order chi connectivity index (χ1) is 12.2. The number of carbonyl (C=O) groups excluding carboxylic acids is 2. The lowest BCUT2D eigenvalue weighted by molar-refractivity contribution is -0.121. The molecule has 2 aromatic rings. The van der Waals surface area contributed by atoms with E-state index in [2.05, 4.69) is 15.4 Å². The van der Waals surface area contributed by atoms with Crippen molar-refractivity contribution in [1.82, 2.24) is 24.8 Å². The van der Waals surface area contributed by atoms with E-state index in [0.717, 1.165) is 12.8 Å². The molecule has 2 amide bonds. The fourth-order valence-corrected chi connectivity index (χ4v) is 3.43. The Kier molecular flexibility index (Phi) is 5.28. The first-order valence-electron chi connectivity index (χ1n) is 8.48. The van der Waals surface area contributed by atoms with E-state index in [9.17, 15) is 9.59 Å². The molecule has 8 heteroatoms. The van der Waals surface area contributed by atoms with Crippen molar-refractivity contribution in [3.05, 3.63) is 30.2 Å². The Bertz CT molecular complexity index is 760. The molecule has 0 unspecified atom stereocenters. The van der Waals surface area contributed by atoms with Gasteiger partial charge in [-0.2, -0.15) is 5.10 Å². The van der Waals surface area contributed by atoms with Crippen molar-refractivity contribution in [2.75, 3.05) is 20.7 Å². The number of carbonyl (C=O) groups is 2. The van der Waals surface area contributed by atoms with Crippen LogP contribution >= 0.6 is 0 Å². The van der Waals surface area contributed by atoms with Gasteiger partial charge in [-0.1, -0.05) is 0 Å². The minimum Gasteiger partial charge on any atom is -0.379 e. The molecule has 0 aromatic carbocycles. The summed E-state index contributed by atoms with van der Waals surface area (Å²) in [6.45, 7) is 0.640. The minimum atomic E-state index is -0.137. The summed E-state index contributed by atoms with van der Waals surface area (Å²) in [5, 5.41) is 6.82. The molecule has 0 spiro atoms. The molecule has 0 radical (unpaired) electrons. The molecule has 25 heavy (non-hydrogen) atoms. The molecule has 8 nitrogen and oxygen atoms in total. The predicted molar refractivity (Wildman–Crippen MR) is 91.1 cm³/mol. The summed E-state index contributed by atoms with van der Waals surface area (Å²) in [6, 6.07) is 1.63. The summed E-state index contributed by atoms with van der Waals surface area (Å²) in [4.78, 5) is 30.9. The lowest BCUT2D eigenvalue weighted by Gasteiger charge is -2.40. The van der Waals surface area contributed by atoms with Gasteiger partial charge in [0.05, 0.1) is 18.3 Å².